The molecule has 0 spiro atoms. The standard InChI is InChI=1S/C11H22N2S/c1-8-4-9(2)13(7-8)10-5-12-6-11(10)14-3/h8-12H,4-7H2,1-3H3. The van der Waals surface area contributed by atoms with E-state index in [0.717, 1.165) is 23.3 Å². The molecule has 2 nitrogen and oxygen atoms in total. The SMILES string of the molecule is CSC1CNCC1N1CC(C)CC1C. The smallest absolute Gasteiger partial charge is 0.0354 e. The Morgan fingerprint density at radius 2 is 2.07 bits per heavy atom. The molecule has 2 fully saturated rings. The van der Waals surface area contributed by atoms with Crippen LogP contribution >= 0.6 is 11.8 Å². The topological polar surface area (TPSA) is 15.3 Å². The van der Waals surface area contributed by atoms with Gasteiger partial charge in [-0.1, -0.05) is 6.92 Å². The summed E-state index contributed by atoms with van der Waals surface area (Å²) in [7, 11) is 0. The predicted molar refractivity (Wildman–Crippen MR) is 63.9 cm³/mol. The van der Waals surface area contributed by atoms with E-state index >= 15 is 0 Å². The van der Waals surface area contributed by atoms with Gasteiger partial charge in [-0.3, -0.25) is 4.90 Å². The Hall–Kier alpha value is 0.270. The first-order valence-corrected chi connectivity index (χ1v) is 7.00. The molecule has 4 unspecified atom stereocenters. The molecule has 0 aliphatic carbocycles. The predicted octanol–water partition coefficient (Wildman–Crippen LogP) is 1.42. The minimum absolute atomic E-state index is 0.782. The lowest BCUT2D eigenvalue weighted by molar-refractivity contribution is 0.202. The molecular formula is C11H22N2S. The Morgan fingerprint density at radius 1 is 1.29 bits per heavy atom. The van der Waals surface area contributed by atoms with Crippen LogP contribution < -0.4 is 5.32 Å². The molecule has 0 radical (unpaired) electrons. The molecule has 0 saturated carbocycles. The second-order valence-electron chi connectivity index (χ2n) is 4.89. The number of thioether (sulfide) groups is 1. The third-order valence-electron chi connectivity index (χ3n) is 3.69. The first kappa shape index (κ1) is 10.8. The van der Waals surface area contributed by atoms with Crippen molar-refractivity contribution in [2.75, 3.05) is 25.9 Å². The summed E-state index contributed by atoms with van der Waals surface area (Å²) in [5.74, 6) is 0.896. The van der Waals surface area contributed by atoms with E-state index in [0.29, 0.717) is 0 Å². The number of rotatable bonds is 2. The molecule has 0 bridgehead atoms. The van der Waals surface area contributed by atoms with Gasteiger partial charge < -0.3 is 5.32 Å². The molecule has 1 N–H and O–H groups in total. The highest BCUT2D eigenvalue weighted by atomic mass is 32.2. The Labute approximate surface area is 91.8 Å². The summed E-state index contributed by atoms with van der Waals surface area (Å²) in [6, 6.07) is 1.58. The maximum absolute atomic E-state index is 3.52. The van der Waals surface area contributed by atoms with Gasteiger partial charge in [0.05, 0.1) is 0 Å². The zero-order chi connectivity index (χ0) is 10.1. The van der Waals surface area contributed by atoms with Crippen molar-refractivity contribution in [2.24, 2.45) is 5.92 Å². The van der Waals surface area contributed by atoms with Crippen molar-refractivity contribution >= 4 is 11.8 Å². The minimum atomic E-state index is 0.782. The van der Waals surface area contributed by atoms with Crippen LogP contribution in [0, 0.1) is 5.92 Å². The summed E-state index contributed by atoms with van der Waals surface area (Å²) in [5.41, 5.74) is 0. The fourth-order valence-electron chi connectivity index (χ4n) is 3.01. The Morgan fingerprint density at radius 3 is 2.64 bits per heavy atom. The van der Waals surface area contributed by atoms with Gasteiger partial charge in [0, 0.05) is 37.0 Å². The maximum Gasteiger partial charge on any atom is 0.0354 e. The van der Waals surface area contributed by atoms with Gasteiger partial charge in [0.15, 0.2) is 0 Å². The van der Waals surface area contributed by atoms with E-state index in [-0.39, 0.29) is 0 Å². The van der Waals surface area contributed by atoms with Crippen LogP contribution in [-0.2, 0) is 0 Å². The molecule has 4 atom stereocenters. The first-order chi connectivity index (χ1) is 6.72. The van der Waals surface area contributed by atoms with Gasteiger partial charge in [-0.25, -0.2) is 0 Å². The lowest BCUT2D eigenvalue weighted by Crippen LogP contribution is -2.44. The second-order valence-corrected chi connectivity index (χ2v) is 5.96. The molecule has 0 amide bonds. The quantitative estimate of drug-likeness (QED) is 0.748. The Bertz CT molecular complexity index is 198. The Balaban J connectivity index is 2.00. The molecule has 0 aromatic rings. The lowest BCUT2D eigenvalue weighted by atomic mass is 10.1. The van der Waals surface area contributed by atoms with E-state index in [2.05, 4.69) is 30.3 Å². The number of hydrogen-bond donors (Lipinski definition) is 1. The van der Waals surface area contributed by atoms with Gasteiger partial charge in [0.1, 0.15) is 0 Å². The summed E-state index contributed by atoms with van der Waals surface area (Å²) in [6.45, 7) is 8.47. The number of hydrogen-bond acceptors (Lipinski definition) is 3. The van der Waals surface area contributed by atoms with E-state index in [4.69, 9.17) is 0 Å². The fourth-order valence-corrected chi connectivity index (χ4v) is 3.86. The molecule has 2 saturated heterocycles. The highest BCUT2D eigenvalue weighted by Gasteiger charge is 2.37. The largest absolute Gasteiger partial charge is 0.314 e. The second kappa shape index (κ2) is 4.42. The molecule has 2 heterocycles. The molecule has 82 valence electrons. The first-order valence-electron chi connectivity index (χ1n) is 5.71. The van der Waals surface area contributed by atoms with Gasteiger partial charge >= 0.3 is 0 Å². The summed E-state index contributed by atoms with van der Waals surface area (Å²) in [4.78, 5) is 2.73. The van der Waals surface area contributed by atoms with Crippen molar-refractivity contribution in [2.45, 2.75) is 37.6 Å². The molecule has 2 aliphatic heterocycles. The average molecular weight is 214 g/mol. The van der Waals surface area contributed by atoms with Gasteiger partial charge in [0.2, 0.25) is 0 Å². The van der Waals surface area contributed by atoms with Crippen LogP contribution in [0.5, 0.6) is 0 Å². The zero-order valence-electron chi connectivity index (χ0n) is 9.49. The van der Waals surface area contributed by atoms with E-state index in [1.54, 1.807) is 0 Å². The van der Waals surface area contributed by atoms with E-state index < -0.39 is 0 Å². The van der Waals surface area contributed by atoms with Crippen molar-refractivity contribution in [3.63, 3.8) is 0 Å². The summed E-state index contributed by atoms with van der Waals surface area (Å²) < 4.78 is 0. The highest BCUT2D eigenvalue weighted by Crippen LogP contribution is 2.29. The molecule has 2 rings (SSSR count). The van der Waals surface area contributed by atoms with Crippen LogP contribution in [0.3, 0.4) is 0 Å². The molecular weight excluding hydrogens is 192 g/mol. The number of nitrogens with one attached hydrogen (secondary N) is 1. The van der Waals surface area contributed by atoms with E-state index in [1.165, 1.54) is 26.1 Å². The van der Waals surface area contributed by atoms with Crippen molar-refractivity contribution < 1.29 is 0 Å². The van der Waals surface area contributed by atoms with Crippen LogP contribution in [0.4, 0.5) is 0 Å². The summed E-state index contributed by atoms with van der Waals surface area (Å²) >= 11 is 2.03. The van der Waals surface area contributed by atoms with Crippen molar-refractivity contribution in [1.82, 2.24) is 10.2 Å². The Kier molecular flexibility index (Phi) is 3.40. The molecule has 0 aromatic carbocycles. The zero-order valence-corrected chi connectivity index (χ0v) is 10.3. The van der Waals surface area contributed by atoms with Gasteiger partial charge in [-0.15, -0.1) is 0 Å². The third kappa shape index (κ3) is 1.95. The maximum atomic E-state index is 3.52. The monoisotopic (exact) mass is 214 g/mol. The van der Waals surface area contributed by atoms with Crippen LogP contribution in [0.2, 0.25) is 0 Å². The van der Waals surface area contributed by atoms with E-state index in [9.17, 15) is 0 Å². The van der Waals surface area contributed by atoms with Gasteiger partial charge in [-0.05, 0) is 25.5 Å². The highest BCUT2D eigenvalue weighted by molar-refractivity contribution is 7.99. The summed E-state index contributed by atoms with van der Waals surface area (Å²) in [6.07, 6.45) is 3.63. The van der Waals surface area contributed by atoms with Crippen molar-refractivity contribution in [3.05, 3.63) is 0 Å². The lowest BCUT2D eigenvalue weighted by Gasteiger charge is -2.31. The minimum Gasteiger partial charge on any atom is -0.314 e. The van der Waals surface area contributed by atoms with Gasteiger partial charge in [0.25, 0.3) is 0 Å². The summed E-state index contributed by atoms with van der Waals surface area (Å²) in [5, 5.41) is 4.33. The van der Waals surface area contributed by atoms with Crippen LogP contribution in [0.15, 0.2) is 0 Å². The van der Waals surface area contributed by atoms with E-state index in [1.807, 2.05) is 11.8 Å². The van der Waals surface area contributed by atoms with Crippen molar-refractivity contribution in [3.8, 4) is 0 Å². The number of likely N-dealkylation sites (tertiary alicyclic amines) is 1. The normalized spacial score (nSPS) is 44.8. The fraction of sp³-hybridized carbons (Fsp3) is 1.00. The van der Waals surface area contributed by atoms with Crippen LogP contribution in [0.25, 0.3) is 0 Å². The van der Waals surface area contributed by atoms with Crippen LogP contribution in [-0.4, -0.2) is 48.1 Å². The molecule has 14 heavy (non-hydrogen) atoms. The van der Waals surface area contributed by atoms with Crippen molar-refractivity contribution in [1.29, 1.82) is 0 Å². The third-order valence-corrected chi connectivity index (χ3v) is 4.78. The number of nitrogens with zero attached hydrogens (tertiary/aromatic N) is 1. The molecule has 0 aromatic heterocycles. The van der Waals surface area contributed by atoms with Crippen LogP contribution in [0.1, 0.15) is 20.3 Å². The van der Waals surface area contributed by atoms with Gasteiger partial charge in [-0.2, -0.15) is 11.8 Å². The average Bonchev–Trinajstić information content (AvgIpc) is 2.71. The molecule has 3 heteroatoms. The molecule has 2 aliphatic rings.